The lowest BCUT2D eigenvalue weighted by molar-refractivity contribution is 0.686. The van der Waals surface area contributed by atoms with Crippen LogP contribution >= 0.6 is 11.3 Å². The summed E-state index contributed by atoms with van der Waals surface area (Å²) >= 11 is 1.75. The van der Waals surface area contributed by atoms with Crippen LogP contribution in [0.15, 0.2) is 53.9 Å². The Labute approximate surface area is 164 Å². The molecule has 0 saturated carbocycles. The Morgan fingerprint density at radius 1 is 1.22 bits per heavy atom. The molecule has 0 saturated heterocycles. The normalized spacial score (nSPS) is 11.6. The molecule has 6 nitrogen and oxygen atoms in total. The highest BCUT2D eigenvalue weighted by Gasteiger charge is 2.02. The van der Waals surface area contributed by atoms with Gasteiger partial charge in [-0.05, 0) is 31.0 Å². The second kappa shape index (κ2) is 9.87. The van der Waals surface area contributed by atoms with Crippen molar-refractivity contribution in [1.29, 1.82) is 0 Å². The average Bonchev–Trinajstić information content (AvgIpc) is 3.32. The number of aryl methyl sites for hydroxylation is 1. The van der Waals surface area contributed by atoms with Crippen molar-refractivity contribution in [3.63, 3.8) is 0 Å². The van der Waals surface area contributed by atoms with Gasteiger partial charge in [0.05, 0.1) is 18.1 Å². The highest BCUT2D eigenvalue weighted by Crippen LogP contribution is 2.11. The van der Waals surface area contributed by atoms with E-state index in [1.807, 2.05) is 23.1 Å². The quantitative estimate of drug-likeness (QED) is 0.464. The van der Waals surface area contributed by atoms with Crippen LogP contribution in [-0.2, 0) is 19.5 Å². The first kappa shape index (κ1) is 19.1. The molecule has 0 aliphatic heterocycles. The molecule has 0 atom stereocenters. The Kier molecular flexibility index (Phi) is 6.98. The van der Waals surface area contributed by atoms with Crippen molar-refractivity contribution < 1.29 is 0 Å². The van der Waals surface area contributed by atoms with E-state index in [9.17, 15) is 0 Å². The van der Waals surface area contributed by atoms with Crippen LogP contribution in [0.1, 0.15) is 27.9 Å². The molecule has 0 spiro atoms. The zero-order chi connectivity index (χ0) is 18.9. The number of thiazole rings is 1. The zero-order valence-corrected chi connectivity index (χ0v) is 16.7. The lowest BCUT2D eigenvalue weighted by atomic mass is 10.1. The summed E-state index contributed by atoms with van der Waals surface area (Å²) < 4.78 is 1.92. The third kappa shape index (κ3) is 6.21. The van der Waals surface area contributed by atoms with Crippen LogP contribution in [0.5, 0.6) is 0 Å². The molecule has 3 aromatic rings. The zero-order valence-electron chi connectivity index (χ0n) is 15.9. The average molecular weight is 383 g/mol. The van der Waals surface area contributed by atoms with Crippen LogP contribution in [0.2, 0.25) is 0 Å². The van der Waals surface area contributed by atoms with Crippen LogP contribution in [0, 0.1) is 6.92 Å². The highest BCUT2D eigenvalue weighted by atomic mass is 32.1. The van der Waals surface area contributed by atoms with Crippen LogP contribution in [0.3, 0.4) is 0 Å². The van der Waals surface area contributed by atoms with E-state index in [2.05, 4.69) is 58.8 Å². The van der Waals surface area contributed by atoms with E-state index in [4.69, 9.17) is 4.99 Å². The maximum atomic E-state index is 4.71. The molecular weight excluding hydrogens is 356 g/mol. The lowest BCUT2D eigenvalue weighted by Crippen LogP contribution is -2.38. The van der Waals surface area contributed by atoms with Gasteiger partial charge in [-0.1, -0.05) is 24.3 Å². The number of guanidine groups is 1. The molecule has 0 fully saturated rings. The summed E-state index contributed by atoms with van der Waals surface area (Å²) in [7, 11) is 0. The van der Waals surface area contributed by atoms with Crippen molar-refractivity contribution in [2.24, 2.45) is 4.99 Å². The van der Waals surface area contributed by atoms with Crippen LogP contribution in [-0.4, -0.2) is 33.8 Å². The first-order chi connectivity index (χ1) is 13.2. The second-order valence-electron chi connectivity index (χ2n) is 6.26. The summed E-state index contributed by atoms with van der Waals surface area (Å²) in [5, 5.41) is 12.1. The largest absolute Gasteiger partial charge is 0.357 e. The van der Waals surface area contributed by atoms with Gasteiger partial charge < -0.3 is 10.6 Å². The Bertz CT molecular complexity index is 853. The van der Waals surface area contributed by atoms with Gasteiger partial charge in [-0.25, -0.2) is 9.98 Å². The van der Waals surface area contributed by atoms with E-state index >= 15 is 0 Å². The predicted molar refractivity (Wildman–Crippen MR) is 111 cm³/mol. The predicted octanol–water partition coefficient (Wildman–Crippen LogP) is 2.99. The maximum Gasteiger partial charge on any atom is 0.191 e. The van der Waals surface area contributed by atoms with E-state index in [0.717, 1.165) is 37.0 Å². The van der Waals surface area contributed by atoms with Crippen LogP contribution in [0.25, 0.3) is 0 Å². The number of benzene rings is 1. The summed E-state index contributed by atoms with van der Waals surface area (Å²) in [5.41, 5.74) is 2.41. The van der Waals surface area contributed by atoms with Crippen LogP contribution in [0.4, 0.5) is 0 Å². The number of nitrogens with one attached hydrogen (secondary N) is 2. The van der Waals surface area contributed by atoms with Gasteiger partial charge in [-0.15, -0.1) is 11.3 Å². The van der Waals surface area contributed by atoms with Crippen molar-refractivity contribution in [2.45, 2.75) is 33.4 Å². The number of rotatable bonds is 8. The number of aromatic nitrogens is 3. The minimum Gasteiger partial charge on any atom is -0.357 e. The van der Waals surface area contributed by atoms with E-state index in [1.54, 1.807) is 17.5 Å². The Hall–Kier alpha value is -2.67. The third-order valence-corrected chi connectivity index (χ3v) is 4.93. The molecule has 0 aliphatic carbocycles. The summed E-state index contributed by atoms with van der Waals surface area (Å²) in [6, 6.07) is 10.4. The number of aliphatic imine (C=N–C) groups is 1. The van der Waals surface area contributed by atoms with Gasteiger partial charge in [-0.3, -0.25) is 4.68 Å². The second-order valence-corrected chi connectivity index (χ2v) is 7.58. The van der Waals surface area contributed by atoms with Gasteiger partial charge in [0.1, 0.15) is 0 Å². The van der Waals surface area contributed by atoms with E-state index < -0.39 is 0 Å². The molecule has 1 aromatic carbocycles. The first-order valence-electron chi connectivity index (χ1n) is 9.21. The summed E-state index contributed by atoms with van der Waals surface area (Å²) in [4.78, 5) is 10.4. The number of hydrogen-bond acceptors (Lipinski definition) is 4. The molecule has 3 rings (SSSR count). The van der Waals surface area contributed by atoms with Gasteiger partial charge in [0.25, 0.3) is 0 Å². The van der Waals surface area contributed by atoms with Crippen molar-refractivity contribution >= 4 is 17.3 Å². The Balaban J connectivity index is 1.55. The lowest BCUT2D eigenvalue weighted by Gasteiger charge is -2.11. The molecule has 0 aliphatic rings. The van der Waals surface area contributed by atoms with Crippen molar-refractivity contribution in [1.82, 2.24) is 25.4 Å². The first-order valence-corrected chi connectivity index (χ1v) is 10.0. The summed E-state index contributed by atoms with van der Waals surface area (Å²) in [6.07, 6.45) is 6.61. The van der Waals surface area contributed by atoms with Crippen molar-refractivity contribution in [3.8, 4) is 0 Å². The fraction of sp³-hybridized carbons (Fsp3) is 0.350. The topological polar surface area (TPSA) is 67.1 Å². The third-order valence-electron chi connectivity index (χ3n) is 3.96. The van der Waals surface area contributed by atoms with Gasteiger partial charge >= 0.3 is 0 Å². The standard InChI is InChI=1S/C20H26N6S/c1-3-21-20(22-10-8-19-23-13-16(2)27-19)24-14-17-6-4-7-18(12-17)15-26-11-5-9-25-26/h4-7,9,11-13H,3,8,10,14-15H2,1-2H3,(H2,21,22,24). The van der Waals surface area contributed by atoms with Crippen LogP contribution < -0.4 is 10.6 Å². The molecule has 2 heterocycles. The summed E-state index contributed by atoms with van der Waals surface area (Å²) in [6.45, 7) is 7.22. The minimum absolute atomic E-state index is 0.638. The van der Waals surface area contributed by atoms with E-state index in [1.165, 1.54) is 16.0 Å². The molecule has 0 amide bonds. The Morgan fingerprint density at radius 3 is 2.85 bits per heavy atom. The van der Waals surface area contributed by atoms with Crippen molar-refractivity contribution in [2.75, 3.05) is 13.1 Å². The Morgan fingerprint density at radius 2 is 2.11 bits per heavy atom. The molecule has 0 radical (unpaired) electrons. The smallest absolute Gasteiger partial charge is 0.191 e. The molecule has 2 aromatic heterocycles. The number of hydrogen-bond donors (Lipinski definition) is 2. The van der Waals surface area contributed by atoms with E-state index in [0.29, 0.717) is 6.54 Å². The van der Waals surface area contributed by atoms with Gasteiger partial charge in [0.2, 0.25) is 0 Å². The minimum atomic E-state index is 0.638. The number of nitrogens with zero attached hydrogens (tertiary/aromatic N) is 4. The highest BCUT2D eigenvalue weighted by molar-refractivity contribution is 7.11. The molecular formula is C20H26N6S. The molecule has 27 heavy (non-hydrogen) atoms. The summed E-state index contributed by atoms with van der Waals surface area (Å²) in [5.74, 6) is 0.836. The molecule has 7 heteroatoms. The van der Waals surface area contributed by atoms with Gasteiger partial charge in [-0.2, -0.15) is 5.10 Å². The van der Waals surface area contributed by atoms with Gasteiger partial charge in [0.15, 0.2) is 5.96 Å². The monoisotopic (exact) mass is 382 g/mol. The molecule has 2 N–H and O–H groups in total. The molecule has 142 valence electrons. The fourth-order valence-corrected chi connectivity index (χ4v) is 3.51. The fourth-order valence-electron chi connectivity index (χ4n) is 2.72. The van der Waals surface area contributed by atoms with Gasteiger partial charge in [0, 0.05) is 43.0 Å². The molecule has 0 bridgehead atoms. The SMILES string of the molecule is CCNC(=NCc1cccc(Cn2cccn2)c1)NCCc1ncc(C)s1. The van der Waals surface area contributed by atoms with E-state index in [-0.39, 0.29) is 0 Å². The van der Waals surface area contributed by atoms with Crippen molar-refractivity contribution in [3.05, 3.63) is 69.9 Å². The molecule has 0 unspecified atom stereocenters. The maximum absolute atomic E-state index is 4.71.